The van der Waals surface area contributed by atoms with Gasteiger partial charge in [-0.1, -0.05) is 56.3 Å². The smallest absolute Gasteiger partial charge is 0.244 e. The van der Waals surface area contributed by atoms with E-state index in [0.717, 1.165) is 11.1 Å². The summed E-state index contributed by atoms with van der Waals surface area (Å²) in [5, 5.41) is 6.78. The molecule has 1 heterocycles. The summed E-state index contributed by atoms with van der Waals surface area (Å²) >= 11 is 0. The first-order valence-electron chi connectivity index (χ1n) is 7.71. The van der Waals surface area contributed by atoms with Gasteiger partial charge in [-0.25, -0.2) is 0 Å². The average Bonchev–Trinajstić information content (AvgIpc) is 2.97. The number of nitrogens with one attached hydrogen (secondary N) is 1. The first-order chi connectivity index (χ1) is 10.9. The zero-order chi connectivity index (χ0) is 16.9. The van der Waals surface area contributed by atoms with Gasteiger partial charge in [0, 0.05) is 24.5 Å². The predicted octanol–water partition coefficient (Wildman–Crippen LogP) is 3.13. The van der Waals surface area contributed by atoms with Crippen LogP contribution in [0.2, 0.25) is 0 Å². The van der Waals surface area contributed by atoms with Crippen LogP contribution in [0.4, 0.5) is 0 Å². The Labute approximate surface area is 136 Å². The Balaban J connectivity index is 1.84. The number of rotatable bonds is 5. The summed E-state index contributed by atoms with van der Waals surface area (Å²) in [6.45, 7) is 8.44. The van der Waals surface area contributed by atoms with Crippen molar-refractivity contribution in [1.82, 2.24) is 15.5 Å². The zero-order valence-electron chi connectivity index (χ0n) is 14.1. The van der Waals surface area contributed by atoms with Crippen LogP contribution in [-0.4, -0.2) is 22.6 Å². The number of hydrogen-bond donors (Lipinski definition) is 1. The average molecular weight is 313 g/mol. The molecule has 0 fully saturated rings. The maximum Gasteiger partial charge on any atom is 0.244 e. The highest BCUT2D eigenvalue weighted by Gasteiger charge is 2.21. The Morgan fingerprint density at radius 2 is 1.96 bits per heavy atom. The molecule has 0 saturated heterocycles. The number of allylic oxidation sites excluding steroid dienone is 1. The molecular weight excluding hydrogens is 290 g/mol. The van der Waals surface area contributed by atoms with Gasteiger partial charge in [-0.2, -0.15) is 4.98 Å². The van der Waals surface area contributed by atoms with Crippen molar-refractivity contribution in [2.24, 2.45) is 0 Å². The molecular formula is C18H23N3O2. The molecule has 5 heteroatoms. The van der Waals surface area contributed by atoms with Crippen LogP contribution in [0, 0.1) is 0 Å². The second kappa shape index (κ2) is 7.22. The van der Waals surface area contributed by atoms with Crippen LogP contribution in [0.25, 0.3) is 5.57 Å². The standard InChI is InChI=1S/C18H23N3O2/c1-13(14-8-6-5-7-9-14)12-16(22)19-11-10-15-20-17(23-21-15)18(2,3)4/h5-9,12H,10-11H2,1-4H3,(H,19,22)/b13-12+. The Bertz CT molecular complexity index is 682. The lowest BCUT2D eigenvalue weighted by Crippen LogP contribution is -2.24. The highest BCUT2D eigenvalue weighted by molar-refractivity contribution is 5.94. The van der Waals surface area contributed by atoms with E-state index in [4.69, 9.17) is 4.52 Å². The fourth-order valence-corrected chi connectivity index (χ4v) is 1.99. The van der Waals surface area contributed by atoms with Crippen LogP contribution in [0.5, 0.6) is 0 Å². The van der Waals surface area contributed by atoms with E-state index in [1.165, 1.54) is 0 Å². The van der Waals surface area contributed by atoms with Crippen molar-refractivity contribution in [2.75, 3.05) is 6.54 Å². The summed E-state index contributed by atoms with van der Waals surface area (Å²) in [7, 11) is 0. The molecule has 1 N–H and O–H groups in total. The molecule has 2 rings (SSSR count). The number of nitrogens with zero attached hydrogens (tertiary/aromatic N) is 2. The minimum atomic E-state index is -0.163. The molecule has 0 atom stereocenters. The van der Waals surface area contributed by atoms with E-state index in [0.29, 0.717) is 24.7 Å². The lowest BCUT2D eigenvalue weighted by molar-refractivity contribution is -0.116. The fourth-order valence-electron chi connectivity index (χ4n) is 1.99. The monoisotopic (exact) mass is 313 g/mol. The summed E-state index contributed by atoms with van der Waals surface area (Å²) in [5.74, 6) is 1.10. The van der Waals surface area contributed by atoms with Crippen LogP contribution in [0.3, 0.4) is 0 Å². The first-order valence-corrected chi connectivity index (χ1v) is 7.71. The quantitative estimate of drug-likeness (QED) is 0.861. The van der Waals surface area contributed by atoms with Crippen LogP contribution in [-0.2, 0) is 16.6 Å². The number of hydrogen-bond acceptors (Lipinski definition) is 4. The van der Waals surface area contributed by atoms with Crippen LogP contribution < -0.4 is 5.32 Å². The SMILES string of the molecule is C/C(=C\C(=O)NCCc1noc(C(C)(C)C)n1)c1ccccc1. The van der Waals surface area contributed by atoms with Crippen molar-refractivity contribution in [3.05, 3.63) is 53.7 Å². The summed E-state index contributed by atoms with van der Waals surface area (Å²) in [5.41, 5.74) is 1.80. The van der Waals surface area contributed by atoms with Crippen molar-refractivity contribution in [3.63, 3.8) is 0 Å². The highest BCUT2D eigenvalue weighted by Crippen LogP contribution is 2.19. The summed E-state index contributed by atoms with van der Waals surface area (Å²) in [6, 6.07) is 9.81. The molecule has 2 aromatic rings. The molecule has 23 heavy (non-hydrogen) atoms. The fraction of sp³-hybridized carbons (Fsp3) is 0.389. The van der Waals surface area contributed by atoms with Crippen molar-refractivity contribution < 1.29 is 9.32 Å². The Morgan fingerprint density at radius 3 is 2.57 bits per heavy atom. The molecule has 0 radical (unpaired) electrons. The summed E-state index contributed by atoms with van der Waals surface area (Å²) in [4.78, 5) is 16.3. The molecule has 0 aliphatic carbocycles. The minimum Gasteiger partial charge on any atom is -0.352 e. The van der Waals surface area contributed by atoms with Gasteiger partial charge < -0.3 is 9.84 Å². The third-order valence-electron chi connectivity index (χ3n) is 3.33. The molecule has 1 aromatic heterocycles. The molecule has 1 amide bonds. The maximum absolute atomic E-state index is 11.9. The van der Waals surface area contributed by atoms with Gasteiger partial charge in [0.1, 0.15) is 0 Å². The second-order valence-electron chi connectivity index (χ2n) is 6.50. The van der Waals surface area contributed by atoms with Crippen molar-refractivity contribution in [1.29, 1.82) is 0 Å². The number of aromatic nitrogens is 2. The Hall–Kier alpha value is -2.43. The molecule has 0 unspecified atom stereocenters. The molecule has 5 nitrogen and oxygen atoms in total. The van der Waals surface area contributed by atoms with E-state index in [1.807, 2.05) is 58.0 Å². The van der Waals surface area contributed by atoms with Gasteiger partial charge in [0.25, 0.3) is 0 Å². The largest absolute Gasteiger partial charge is 0.352 e. The second-order valence-corrected chi connectivity index (χ2v) is 6.50. The van der Waals surface area contributed by atoms with E-state index in [9.17, 15) is 4.79 Å². The van der Waals surface area contributed by atoms with Crippen molar-refractivity contribution in [3.8, 4) is 0 Å². The number of carbonyl (C=O) groups excluding carboxylic acids is 1. The van der Waals surface area contributed by atoms with E-state index < -0.39 is 0 Å². The zero-order valence-corrected chi connectivity index (χ0v) is 14.1. The van der Waals surface area contributed by atoms with E-state index >= 15 is 0 Å². The van der Waals surface area contributed by atoms with Crippen LogP contribution >= 0.6 is 0 Å². The van der Waals surface area contributed by atoms with Gasteiger partial charge in [-0.05, 0) is 18.1 Å². The van der Waals surface area contributed by atoms with E-state index in [1.54, 1.807) is 6.08 Å². The lowest BCUT2D eigenvalue weighted by atomic mass is 9.97. The molecule has 122 valence electrons. The third-order valence-corrected chi connectivity index (χ3v) is 3.33. The van der Waals surface area contributed by atoms with E-state index in [-0.39, 0.29) is 11.3 Å². The molecule has 0 spiro atoms. The van der Waals surface area contributed by atoms with Crippen LogP contribution in [0.15, 0.2) is 40.9 Å². The Morgan fingerprint density at radius 1 is 1.26 bits per heavy atom. The number of benzene rings is 1. The topological polar surface area (TPSA) is 68.0 Å². The molecule has 0 aliphatic rings. The summed E-state index contributed by atoms with van der Waals surface area (Å²) in [6.07, 6.45) is 2.15. The number of amides is 1. The molecule has 0 aliphatic heterocycles. The van der Waals surface area contributed by atoms with E-state index in [2.05, 4.69) is 15.5 Å². The van der Waals surface area contributed by atoms with Gasteiger partial charge in [0.05, 0.1) is 0 Å². The van der Waals surface area contributed by atoms with Crippen molar-refractivity contribution in [2.45, 2.75) is 39.5 Å². The first kappa shape index (κ1) is 16.9. The van der Waals surface area contributed by atoms with Gasteiger partial charge in [-0.15, -0.1) is 0 Å². The number of carbonyl (C=O) groups is 1. The molecule has 1 aromatic carbocycles. The van der Waals surface area contributed by atoms with Gasteiger partial charge in [0.15, 0.2) is 5.82 Å². The maximum atomic E-state index is 11.9. The highest BCUT2D eigenvalue weighted by atomic mass is 16.5. The van der Waals surface area contributed by atoms with Gasteiger partial charge in [0.2, 0.25) is 11.8 Å². The molecule has 0 bridgehead atoms. The van der Waals surface area contributed by atoms with Crippen LogP contribution in [0.1, 0.15) is 45.0 Å². The normalized spacial score (nSPS) is 12.3. The summed E-state index contributed by atoms with van der Waals surface area (Å²) < 4.78 is 5.22. The predicted molar refractivity (Wildman–Crippen MR) is 89.8 cm³/mol. The van der Waals surface area contributed by atoms with Gasteiger partial charge in [-0.3, -0.25) is 4.79 Å². The lowest BCUT2D eigenvalue weighted by Gasteiger charge is -2.10. The van der Waals surface area contributed by atoms with Gasteiger partial charge >= 0.3 is 0 Å². The Kier molecular flexibility index (Phi) is 5.32. The van der Waals surface area contributed by atoms with Crippen molar-refractivity contribution >= 4 is 11.5 Å². The minimum absolute atomic E-state index is 0.120. The molecule has 0 saturated carbocycles. The third kappa shape index (κ3) is 5.06.